The number of carboxylic acids is 1. The van der Waals surface area contributed by atoms with E-state index in [1.165, 1.54) is 12.3 Å². The Kier molecular flexibility index (Phi) is 4.84. The molecule has 2 aromatic carbocycles. The van der Waals surface area contributed by atoms with Gasteiger partial charge in [0.25, 0.3) is 5.91 Å². The van der Waals surface area contributed by atoms with Gasteiger partial charge >= 0.3 is 5.97 Å². The van der Waals surface area contributed by atoms with Crippen molar-refractivity contribution in [3.05, 3.63) is 69.7 Å². The summed E-state index contributed by atoms with van der Waals surface area (Å²) in [5, 5.41) is 12.8. The highest BCUT2D eigenvalue weighted by molar-refractivity contribution is 9.10. The second-order valence-electron chi connectivity index (χ2n) is 4.10. The Morgan fingerprint density at radius 2 is 1.90 bits per heavy atom. The van der Waals surface area contributed by atoms with Crippen LogP contribution >= 0.6 is 15.9 Å². The Morgan fingerprint density at radius 3 is 2.62 bits per heavy atom. The Hall–Kier alpha value is -2.47. The number of amides is 1. The highest BCUT2D eigenvalue weighted by Crippen LogP contribution is 2.11. The second kappa shape index (κ2) is 6.81. The lowest BCUT2D eigenvalue weighted by molar-refractivity contribution is 0.0696. The molecule has 0 aliphatic rings. The smallest absolute Gasteiger partial charge is 0.336 e. The molecule has 0 saturated heterocycles. The number of benzene rings is 2. The van der Waals surface area contributed by atoms with E-state index < -0.39 is 5.97 Å². The fourth-order valence-electron chi connectivity index (χ4n) is 1.66. The summed E-state index contributed by atoms with van der Waals surface area (Å²) in [6.07, 6.45) is 1.30. The molecule has 0 aromatic heterocycles. The normalized spacial score (nSPS) is 10.5. The summed E-state index contributed by atoms with van der Waals surface area (Å²) >= 11 is 3.28. The minimum absolute atomic E-state index is 0.123. The standard InChI is InChI=1S/C15H11BrN2O3/c16-12-6-3-5-10(8-12)14(19)18-17-9-11-4-1-2-7-13(11)15(20)21/h1-9H,(H,18,19)(H,20,21)/b17-9-. The summed E-state index contributed by atoms with van der Waals surface area (Å²) in [6.45, 7) is 0. The van der Waals surface area contributed by atoms with Crippen LogP contribution in [0, 0.1) is 0 Å². The number of carbonyl (C=O) groups excluding carboxylic acids is 1. The molecule has 0 radical (unpaired) electrons. The van der Waals surface area contributed by atoms with Crippen LogP contribution in [0.15, 0.2) is 58.1 Å². The SMILES string of the molecule is O=C(N/N=C\c1ccccc1C(=O)O)c1cccc(Br)c1. The van der Waals surface area contributed by atoms with Crippen molar-refractivity contribution in [2.24, 2.45) is 5.10 Å². The Balaban J connectivity index is 2.09. The third-order valence-electron chi connectivity index (χ3n) is 2.65. The van der Waals surface area contributed by atoms with Gasteiger partial charge in [0.1, 0.15) is 0 Å². The number of hydrogen-bond donors (Lipinski definition) is 2. The van der Waals surface area contributed by atoms with E-state index in [0.717, 1.165) is 4.47 Å². The second-order valence-corrected chi connectivity index (χ2v) is 5.02. The molecule has 0 spiro atoms. The van der Waals surface area contributed by atoms with Crippen molar-refractivity contribution in [2.45, 2.75) is 0 Å². The van der Waals surface area contributed by atoms with Crippen LogP contribution in [0.2, 0.25) is 0 Å². The molecular formula is C15H11BrN2O3. The largest absolute Gasteiger partial charge is 0.478 e. The summed E-state index contributed by atoms with van der Waals surface area (Å²) in [5.74, 6) is -1.42. The Labute approximate surface area is 129 Å². The molecule has 6 heteroatoms. The zero-order chi connectivity index (χ0) is 15.2. The fraction of sp³-hybridized carbons (Fsp3) is 0. The van der Waals surface area contributed by atoms with Gasteiger partial charge in [0, 0.05) is 15.6 Å². The highest BCUT2D eigenvalue weighted by atomic mass is 79.9. The van der Waals surface area contributed by atoms with Crippen molar-refractivity contribution < 1.29 is 14.7 Å². The van der Waals surface area contributed by atoms with E-state index in [1.807, 2.05) is 6.07 Å². The van der Waals surface area contributed by atoms with Gasteiger partial charge in [0.05, 0.1) is 11.8 Å². The van der Waals surface area contributed by atoms with Gasteiger partial charge in [-0.15, -0.1) is 0 Å². The lowest BCUT2D eigenvalue weighted by Crippen LogP contribution is -2.17. The molecule has 0 heterocycles. The van der Waals surface area contributed by atoms with Crippen molar-refractivity contribution in [2.75, 3.05) is 0 Å². The van der Waals surface area contributed by atoms with E-state index in [1.54, 1.807) is 36.4 Å². The predicted octanol–water partition coefficient (Wildman–Crippen LogP) is 2.91. The molecule has 2 aromatic rings. The van der Waals surface area contributed by atoms with Gasteiger partial charge in [-0.1, -0.05) is 40.2 Å². The molecule has 106 valence electrons. The average molecular weight is 347 g/mol. The van der Waals surface area contributed by atoms with Crippen LogP contribution in [0.5, 0.6) is 0 Å². The van der Waals surface area contributed by atoms with Crippen molar-refractivity contribution in [1.82, 2.24) is 5.43 Å². The zero-order valence-electron chi connectivity index (χ0n) is 10.8. The third-order valence-corrected chi connectivity index (χ3v) is 3.14. The monoisotopic (exact) mass is 346 g/mol. The molecule has 0 fully saturated rings. The fourth-order valence-corrected chi connectivity index (χ4v) is 2.06. The van der Waals surface area contributed by atoms with E-state index in [2.05, 4.69) is 26.5 Å². The predicted molar refractivity (Wildman–Crippen MR) is 82.6 cm³/mol. The summed E-state index contributed by atoms with van der Waals surface area (Å²) in [5.41, 5.74) is 3.35. The molecule has 0 aliphatic carbocycles. The molecule has 2 rings (SSSR count). The lowest BCUT2D eigenvalue weighted by Gasteiger charge is -2.01. The molecule has 5 nitrogen and oxygen atoms in total. The average Bonchev–Trinajstić information content (AvgIpc) is 2.47. The lowest BCUT2D eigenvalue weighted by atomic mass is 10.1. The number of hydrogen-bond acceptors (Lipinski definition) is 3. The first-order valence-corrected chi connectivity index (χ1v) is 6.78. The van der Waals surface area contributed by atoms with Gasteiger partial charge in [-0.05, 0) is 24.3 Å². The number of rotatable bonds is 4. The molecular weight excluding hydrogens is 336 g/mol. The molecule has 0 unspecified atom stereocenters. The number of aromatic carboxylic acids is 1. The Morgan fingerprint density at radius 1 is 1.14 bits per heavy atom. The van der Waals surface area contributed by atoms with E-state index in [9.17, 15) is 9.59 Å². The first-order valence-electron chi connectivity index (χ1n) is 5.99. The van der Waals surface area contributed by atoms with Crippen molar-refractivity contribution in [1.29, 1.82) is 0 Å². The van der Waals surface area contributed by atoms with Crippen LogP contribution in [0.25, 0.3) is 0 Å². The van der Waals surface area contributed by atoms with Crippen molar-refractivity contribution in [3.63, 3.8) is 0 Å². The maximum Gasteiger partial charge on any atom is 0.336 e. The molecule has 21 heavy (non-hydrogen) atoms. The number of halogens is 1. The van der Waals surface area contributed by atoms with E-state index in [-0.39, 0.29) is 11.5 Å². The van der Waals surface area contributed by atoms with Crippen LogP contribution in [-0.4, -0.2) is 23.2 Å². The summed E-state index contributed by atoms with van der Waals surface area (Å²) in [4.78, 5) is 22.9. The minimum Gasteiger partial charge on any atom is -0.478 e. The van der Waals surface area contributed by atoms with Gasteiger partial charge in [0.15, 0.2) is 0 Å². The quantitative estimate of drug-likeness (QED) is 0.659. The van der Waals surface area contributed by atoms with E-state index in [0.29, 0.717) is 11.1 Å². The first-order chi connectivity index (χ1) is 10.1. The molecule has 2 N–H and O–H groups in total. The van der Waals surface area contributed by atoms with Crippen molar-refractivity contribution >= 4 is 34.0 Å². The molecule has 1 amide bonds. The number of carboxylic acid groups (broad SMARTS) is 1. The number of hydrazone groups is 1. The first kappa shape index (κ1) is 14.9. The summed E-state index contributed by atoms with van der Waals surface area (Å²) < 4.78 is 0.787. The minimum atomic E-state index is -1.05. The van der Waals surface area contributed by atoms with E-state index in [4.69, 9.17) is 5.11 Å². The van der Waals surface area contributed by atoms with Gasteiger partial charge in [-0.25, -0.2) is 10.2 Å². The zero-order valence-corrected chi connectivity index (χ0v) is 12.4. The van der Waals surface area contributed by atoms with Gasteiger partial charge in [-0.3, -0.25) is 4.79 Å². The third kappa shape index (κ3) is 4.00. The highest BCUT2D eigenvalue weighted by Gasteiger charge is 2.07. The Bertz CT molecular complexity index is 714. The van der Waals surface area contributed by atoms with Gasteiger partial charge in [0.2, 0.25) is 0 Å². The molecule has 0 bridgehead atoms. The summed E-state index contributed by atoms with van der Waals surface area (Å²) in [6, 6.07) is 13.3. The van der Waals surface area contributed by atoms with Crippen molar-refractivity contribution in [3.8, 4) is 0 Å². The van der Waals surface area contributed by atoms with Crippen LogP contribution in [0.4, 0.5) is 0 Å². The van der Waals surface area contributed by atoms with Crippen LogP contribution < -0.4 is 5.43 Å². The number of nitrogens with zero attached hydrogens (tertiary/aromatic N) is 1. The summed E-state index contributed by atoms with van der Waals surface area (Å²) in [7, 11) is 0. The molecule has 0 saturated carbocycles. The van der Waals surface area contributed by atoms with Gasteiger partial charge in [-0.2, -0.15) is 5.10 Å². The van der Waals surface area contributed by atoms with Gasteiger partial charge < -0.3 is 5.11 Å². The number of nitrogens with one attached hydrogen (secondary N) is 1. The van der Waals surface area contributed by atoms with Crippen LogP contribution in [-0.2, 0) is 0 Å². The van der Waals surface area contributed by atoms with Crippen LogP contribution in [0.3, 0.4) is 0 Å². The van der Waals surface area contributed by atoms with Crippen LogP contribution in [0.1, 0.15) is 26.3 Å². The maximum atomic E-state index is 11.8. The molecule has 0 aliphatic heterocycles. The van der Waals surface area contributed by atoms with E-state index >= 15 is 0 Å². The number of carbonyl (C=O) groups is 2. The molecule has 0 atom stereocenters. The maximum absolute atomic E-state index is 11.8. The topological polar surface area (TPSA) is 78.8 Å².